The van der Waals surface area contributed by atoms with Gasteiger partial charge in [-0.05, 0) is 37.7 Å². The number of carbonyl (C=O) groups excluding carboxylic acids is 2. The second-order valence-electron chi connectivity index (χ2n) is 6.22. The van der Waals surface area contributed by atoms with E-state index in [4.69, 9.17) is 0 Å². The third kappa shape index (κ3) is 5.72. The summed E-state index contributed by atoms with van der Waals surface area (Å²) < 4.78 is 4.65. The summed E-state index contributed by atoms with van der Waals surface area (Å²) in [4.78, 5) is 28.2. The molecule has 1 heterocycles. The van der Waals surface area contributed by atoms with E-state index in [1.165, 1.54) is 7.11 Å². The molecule has 0 aromatic heterocycles. The standard InChI is InChI=1S/C18H28N4O3/c1-4-21-9-11-22(12-10-21)14(2)13-19-18(24)20-16-7-5-15(6-8-16)17(23)25-3/h5-8,14H,4,9-13H2,1-3H3,(H2,19,20,24)/t14-/m0/s1. The fourth-order valence-corrected chi connectivity index (χ4v) is 2.87. The van der Waals surface area contributed by atoms with E-state index in [0.717, 1.165) is 32.7 Å². The first-order valence-electron chi connectivity index (χ1n) is 8.73. The second-order valence-corrected chi connectivity index (χ2v) is 6.22. The number of piperazine rings is 1. The van der Waals surface area contributed by atoms with Crippen LogP contribution in [-0.4, -0.2) is 74.2 Å². The smallest absolute Gasteiger partial charge is 0.337 e. The van der Waals surface area contributed by atoms with Gasteiger partial charge >= 0.3 is 12.0 Å². The first-order chi connectivity index (χ1) is 12.0. The van der Waals surface area contributed by atoms with Gasteiger partial charge in [-0.15, -0.1) is 0 Å². The van der Waals surface area contributed by atoms with Gasteiger partial charge in [0, 0.05) is 44.5 Å². The van der Waals surface area contributed by atoms with Gasteiger partial charge in [-0.1, -0.05) is 6.92 Å². The molecule has 7 heteroatoms. The Morgan fingerprint density at radius 2 is 1.80 bits per heavy atom. The predicted octanol–water partition coefficient (Wildman–Crippen LogP) is 1.62. The van der Waals surface area contributed by atoms with Crippen molar-refractivity contribution in [1.82, 2.24) is 15.1 Å². The number of amides is 2. The minimum absolute atomic E-state index is 0.245. The maximum absolute atomic E-state index is 12.0. The van der Waals surface area contributed by atoms with Gasteiger partial charge in [-0.2, -0.15) is 0 Å². The molecule has 2 rings (SSSR count). The number of likely N-dealkylation sites (N-methyl/N-ethyl adjacent to an activating group) is 1. The maximum Gasteiger partial charge on any atom is 0.337 e. The number of nitrogens with zero attached hydrogens (tertiary/aromatic N) is 2. The van der Waals surface area contributed by atoms with Gasteiger partial charge in [0.05, 0.1) is 12.7 Å². The number of hydrogen-bond donors (Lipinski definition) is 2. The summed E-state index contributed by atoms with van der Waals surface area (Å²) in [6, 6.07) is 6.66. The molecule has 0 radical (unpaired) electrons. The lowest BCUT2D eigenvalue weighted by Crippen LogP contribution is -2.52. The van der Waals surface area contributed by atoms with Gasteiger partial charge in [0.2, 0.25) is 0 Å². The minimum atomic E-state index is -0.395. The molecule has 0 bridgehead atoms. The van der Waals surface area contributed by atoms with Gasteiger partial charge in [0.15, 0.2) is 0 Å². The Bertz CT molecular complexity index is 568. The zero-order chi connectivity index (χ0) is 18.2. The summed E-state index contributed by atoms with van der Waals surface area (Å²) in [7, 11) is 1.34. The van der Waals surface area contributed by atoms with Crippen molar-refractivity contribution in [2.24, 2.45) is 0 Å². The van der Waals surface area contributed by atoms with Crippen LogP contribution in [-0.2, 0) is 4.74 Å². The molecule has 2 N–H and O–H groups in total. The molecule has 0 spiro atoms. The van der Waals surface area contributed by atoms with Gasteiger partial charge < -0.3 is 20.3 Å². The molecule has 25 heavy (non-hydrogen) atoms. The third-order valence-corrected chi connectivity index (χ3v) is 4.60. The van der Waals surface area contributed by atoms with Crippen molar-refractivity contribution in [2.45, 2.75) is 19.9 Å². The van der Waals surface area contributed by atoms with E-state index in [1.807, 2.05) is 0 Å². The highest BCUT2D eigenvalue weighted by Crippen LogP contribution is 2.10. The summed E-state index contributed by atoms with van der Waals surface area (Å²) >= 11 is 0. The van der Waals surface area contributed by atoms with E-state index in [0.29, 0.717) is 23.8 Å². The fourth-order valence-electron chi connectivity index (χ4n) is 2.87. The molecular formula is C18H28N4O3. The highest BCUT2D eigenvalue weighted by molar-refractivity contribution is 5.92. The fraction of sp³-hybridized carbons (Fsp3) is 0.556. The zero-order valence-corrected chi connectivity index (χ0v) is 15.2. The highest BCUT2D eigenvalue weighted by Gasteiger charge is 2.20. The lowest BCUT2D eigenvalue weighted by molar-refractivity contribution is 0.0600. The molecule has 1 aromatic rings. The average molecular weight is 348 g/mol. The average Bonchev–Trinajstić information content (AvgIpc) is 2.66. The molecule has 1 aromatic carbocycles. The van der Waals surface area contributed by atoms with Crippen LogP contribution in [0.1, 0.15) is 24.2 Å². The molecular weight excluding hydrogens is 320 g/mol. The number of anilines is 1. The maximum atomic E-state index is 12.0. The largest absolute Gasteiger partial charge is 0.465 e. The van der Waals surface area contributed by atoms with E-state index in [2.05, 4.69) is 39.0 Å². The molecule has 0 aliphatic carbocycles. The molecule has 0 saturated carbocycles. The van der Waals surface area contributed by atoms with E-state index in [1.54, 1.807) is 24.3 Å². The first kappa shape index (κ1) is 19.2. The Labute approximate surface area is 149 Å². The molecule has 0 unspecified atom stereocenters. The van der Waals surface area contributed by atoms with Crippen LogP contribution < -0.4 is 10.6 Å². The minimum Gasteiger partial charge on any atom is -0.465 e. The summed E-state index contributed by atoms with van der Waals surface area (Å²) in [5, 5.41) is 5.68. The van der Waals surface area contributed by atoms with Gasteiger partial charge in [-0.3, -0.25) is 4.90 Å². The van der Waals surface area contributed by atoms with Gasteiger partial charge in [0.25, 0.3) is 0 Å². The Balaban J connectivity index is 1.74. The number of benzene rings is 1. The van der Waals surface area contributed by atoms with Crippen molar-refractivity contribution in [3.8, 4) is 0 Å². The molecule has 1 atom stereocenters. The van der Waals surface area contributed by atoms with Crippen LogP contribution in [0.4, 0.5) is 10.5 Å². The Hall–Kier alpha value is -2.12. The summed E-state index contributed by atoms with van der Waals surface area (Å²) in [6.45, 7) is 10.2. The Morgan fingerprint density at radius 3 is 2.36 bits per heavy atom. The number of methoxy groups -OCH3 is 1. The quantitative estimate of drug-likeness (QED) is 0.764. The predicted molar refractivity (Wildman–Crippen MR) is 98.0 cm³/mol. The lowest BCUT2D eigenvalue weighted by Gasteiger charge is -2.37. The van der Waals surface area contributed by atoms with Gasteiger partial charge in [0.1, 0.15) is 0 Å². The van der Waals surface area contributed by atoms with E-state index < -0.39 is 5.97 Å². The number of urea groups is 1. The van der Waals surface area contributed by atoms with Crippen LogP contribution in [0, 0.1) is 0 Å². The second kappa shape index (κ2) is 9.39. The Morgan fingerprint density at radius 1 is 1.16 bits per heavy atom. The van der Waals surface area contributed by atoms with E-state index >= 15 is 0 Å². The molecule has 1 aliphatic heterocycles. The first-order valence-corrected chi connectivity index (χ1v) is 8.73. The number of carbonyl (C=O) groups is 2. The van der Waals surface area contributed by atoms with Crippen LogP contribution in [0.25, 0.3) is 0 Å². The van der Waals surface area contributed by atoms with Crippen molar-refractivity contribution >= 4 is 17.7 Å². The van der Waals surface area contributed by atoms with Crippen molar-refractivity contribution in [2.75, 3.05) is 51.7 Å². The zero-order valence-electron chi connectivity index (χ0n) is 15.2. The van der Waals surface area contributed by atoms with Crippen LogP contribution in [0.15, 0.2) is 24.3 Å². The SMILES string of the molecule is CCN1CCN([C@@H](C)CNC(=O)Nc2ccc(C(=O)OC)cc2)CC1. The number of esters is 1. The number of hydrogen-bond acceptors (Lipinski definition) is 5. The molecule has 1 saturated heterocycles. The molecule has 2 amide bonds. The third-order valence-electron chi connectivity index (χ3n) is 4.60. The summed E-state index contributed by atoms with van der Waals surface area (Å²) in [5.74, 6) is -0.395. The molecule has 1 fully saturated rings. The number of nitrogens with one attached hydrogen (secondary N) is 2. The van der Waals surface area contributed by atoms with E-state index in [-0.39, 0.29) is 6.03 Å². The number of ether oxygens (including phenoxy) is 1. The Kier molecular flexibility index (Phi) is 7.21. The van der Waals surface area contributed by atoms with Gasteiger partial charge in [-0.25, -0.2) is 9.59 Å². The topological polar surface area (TPSA) is 73.9 Å². The van der Waals surface area contributed by atoms with Crippen molar-refractivity contribution < 1.29 is 14.3 Å². The van der Waals surface area contributed by atoms with Crippen molar-refractivity contribution in [3.05, 3.63) is 29.8 Å². The summed E-state index contributed by atoms with van der Waals surface area (Å²) in [5.41, 5.74) is 1.09. The number of rotatable bonds is 6. The monoisotopic (exact) mass is 348 g/mol. The van der Waals surface area contributed by atoms with Crippen LogP contribution in [0.3, 0.4) is 0 Å². The summed E-state index contributed by atoms with van der Waals surface area (Å²) in [6.07, 6.45) is 0. The van der Waals surface area contributed by atoms with E-state index in [9.17, 15) is 9.59 Å². The van der Waals surface area contributed by atoms with Crippen LogP contribution in [0.5, 0.6) is 0 Å². The molecule has 7 nitrogen and oxygen atoms in total. The highest BCUT2D eigenvalue weighted by atomic mass is 16.5. The van der Waals surface area contributed by atoms with Crippen LogP contribution in [0.2, 0.25) is 0 Å². The molecule has 138 valence electrons. The normalized spacial score (nSPS) is 16.9. The van der Waals surface area contributed by atoms with Crippen LogP contribution >= 0.6 is 0 Å². The molecule has 1 aliphatic rings. The lowest BCUT2D eigenvalue weighted by atomic mass is 10.2. The van der Waals surface area contributed by atoms with Crippen molar-refractivity contribution in [1.29, 1.82) is 0 Å². The van der Waals surface area contributed by atoms with Crippen molar-refractivity contribution in [3.63, 3.8) is 0 Å².